The number of nitrogens with one attached hydrogen (secondary N) is 1. The summed E-state index contributed by atoms with van der Waals surface area (Å²) >= 11 is 0. The zero-order valence-corrected chi connectivity index (χ0v) is 16.0. The van der Waals surface area contributed by atoms with Crippen molar-refractivity contribution in [1.29, 1.82) is 0 Å². The van der Waals surface area contributed by atoms with E-state index < -0.39 is 6.04 Å². The molecule has 6 heteroatoms. The van der Waals surface area contributed by atoms with Crippen LogP contribution in [0.4, 0.5) is 0 Å². The minimum Gasteiger partial charge on any atom is -0.353 e. The van der Waals surface area contributed by atoms with Crippen LogP contribution in [0.5, 0.6) is 0 Å². The third-order valence-electron chi connectivity index (χ3n) is 5.21. The lowest BCUT2D eigenvalue weighted by molar-refractivity contribution is -0.127. The quantitative estimate of drug-likeness (QED) is 0.765. The minimum absolute atomic E-state index is 0.0934. The van der Waals surface area contributed by atoms with Gasteiger partial charge in [-0.05, 0) is 37.1 Å². The van der Waals surface area contributed by atoms with Crippen molar-refractivity contribution in [2.45, 2.75) is 26.3 Å². The van der Waals surface area contributed by atoms with E-state index in [0.29, 0.717) is 30.8 Å². The predicted molar refractivity (Wildman–Crippen MR) is 108 cm³/mol. The molecule has 0 radical (unpaired) electrons. The maximum absolute atomic E-state index is 13.5. The Hall–Kier alpha value is -3.28. The number of fused-ring (bicyclic) bond motifs is 1. The number of aromatic nitrogens is 2. The van der Waals surface area contributed by atoms with Crippen LogP contribution in [0.25, 0.3) is 22.2 Å². The summed E-state index contributed by atoms with van der Waals surface area (Å²) in [7, 11) is 0. The fraction of sp³-hybridized carbons (Fsp3) is 0.273. The van der Waals surface area contributed by atoms with Gasteiger partial charge in [-0.3, -0.25) is 14.6 Å². The summed E-state index contributed by atoms with van der Waals surface area (Å²) in [5.41, 5.74) is 3.92. The number of carbonyl (C=O) groups is 2. The van der Waals surface area contributed by atoms with Gasteiger partial charge in [0.1, 0.15) is 6.04 Å². The van der Waals surface area contributed by atoms with E-state index in [1.807, 2.05) is 50.2 Å². The third kappa shape index (κ3) is 3.11. The van der Waals surface area contributed by atoms with Crippen molar-refractivity contribution in [2.24, 2.45) is 0 Å². The van der Waals surface area contributed by atoms with E-state index in [-0.39, 0.29) is 11.8 Å². The number of carbonyl (C=O) groups excluding carboxylic acids is 2. The largest absolute Gasteiger partial charge is 0.353 e. The molecule has 3 heterocycles. The van der Waals surface area contributed by atoms with E-state index >= 15 is 0 Å². The third-order valence-corrected chi connectivity index (χ3v) is 5.21. The highest BCUT2D eigenvalue weighted by Crippen LogP contribution is 2.28. The van der Waals surface area contributed by atoms with E-state index in [1.165, 1.54) is 0 Å². The van der Waals surface area contributed by atoms with Crippen LogP contribution >= 0.6 is 0 Å². The first kappa shape index (κ1) is 18.1. The van der Waals surface area contributed by atoms with Crippen LogP contribution in [-0.4, -0.2) is 45.8 Å². The number of hydrogen-bond acceptors (Lipinski definition) is 4. The van der Waals surface area contributed by atoms with E-state index in [4.69, 9.17) is 4.98 Å². The second-order valence-corrected chi connectivity index (χ2v) is 6.98. The molecule has 2 aromatic heterocycles. The van der Waals surface area contributed by atoms with Crippen LogP contribution in [0.15, 0.2) is 48.8 Å². The first-order chi connectivity index (χ1) is 13.6. The molecule has 1 aliphatic rings. The van der Waals surface area contributed by atoms with E-state index in [0.717, 1.165) is 22.0 Å². The zero-order valence-electron chi connectivity index (χ0n) is 16.0. The van der Waals surface area contributed by atoms with Crippen molar-refractivity contribution in [1.82, 2.24) is 20.2 Å². The molecule has 0 aliphatic carbocycles. The molecule has 0 spiro atoms. The summed E-state index contributed by atoms with van der Waals surface area (Å²) < 4.78 is 0. The molecule has 4 rings (SSSR count). The van der Waals surface area contributed by atoms with Gasteiger partial charge in [-0.1, -0.05) is 25.1 Å². The van der Waals surface area contributed by atoms with Crippen LogP contribution in [0.1, 0.15) is 29.3 Å². The number of para-hydroxylation sites is 1. The molecule has 28 heavy (non-hydrogen) atoms. The Kier molecular flexibility index (Phi) is 4.77. The number of amides is 2. The van der Waals surface area contributed by atoms with Gasteiger partial charge in [-0.25, -0.2) is 4.98 Å². The lowest BCUT2D eigenvalue weighted by atomic mass is 10.00. The Bertz CT molecular complexity index is 1050. The number of benzene rings is 1. The van der Waals surface area contributed by atoms with Crippen molar-refractivity contribution in [3.8, 4) is 11.3 Å². The summed E-state index contributed by atoms with van der Waals surface area (Å²) in [5, 5.41) is 3.65. The first-order valence-corrected chi connectivity index (χ1v) is 9.49. The van der Waals surface area contributed by atoms with Crippen LogP contribution in [-0.2, 0) is 4.79 Å². The minimum atomic E-state index is -0.448. The van der Waals surface area contributed by atoms with E-state index in [2.05, 4.69) is 10.3 Å². The summed E-state index contributed by atoms with van der Waals surface area (Å²) in [6.45, 7) is 4.88. The Morgan fingerprint density at radius 1 is 1.29 bits per heavy atom. The molecule has 0 bridgehead atoms. The number of piperazine rings is 1. The van der Waals surface area contributed by atoms with Crippen molar-refractivity contribution >= 4 is 22.7 Å². The smallest absolute Gasteiger partial charge is 0.255 e. The fourth-order valence-electron chi connectivity index (χ4n) is 3.75. The predicted octanol–water partition coefficient (Wildman–Crippen LogP) is 2.96. The monoisotopic (exact) mass is 374 g/mol. The maximum atomic E-state index is 13.5. The molecule has 1 N–H and O–H groups in total. The van der Waals surface area contributed by atoms with Gasteiger partial charge >= 0.3 is 0 Å². The number of rotatable bonds is 3. The van der Waals surface area contributed by atoms with Gasteiger partial charge in [0.2, 0.25) is 5.91 Å². The Morgan fingerprint density at radius 2 is 2.14 bits per heavy atom. The van der Waals surface area contributed by atoms with E-state index in [1.54, 1.807) is 17.3 Å². The average Bonchev–Trinajstić information content (AvgIpc) is 2.73. The van der Waals surface area contributed by atoms with Gasteiger partial charge in [-0.15, -0.1) is 0 Å². The van der Waals surface area contributed by atoms with Gasteiger partial charge < -0.3 is 10.2 Å². The van der Waals surface area contributed by atoms with E-state index in [9.17, 15) is 9.59 Å². The number of pyridine rings is 2. The molecule has 1 unspecified atom stereocenters. The molecule has 0 saturated carbocycles. The highest BCUT2D eigenvalue weighted by atomic mass is 16.2. The Balaban J connectivity index is 1.89. The average molecular weight is 374 g/mol. The molecule has 1 fully saturated rings. The molecule has 1 saturated heterocycles. The Morgan fingerprint density at radius 3 is 2.89 bits per heavy atom. The standard InChI is InChI=1S/C22H22N4O2/c1-3-19-21(27)24-10-11-26(19)22(28)17-12-18(15-7-5-9-23-13-15)25-20-14(2)6-4-8-16(17)20/h4-9,12-13,19H,3,10-11H2,1-2H3,(H,24,27). The molecular formula is C22H22N4O2. The van der Waals surface area contributed by atoms with Crippen molar-refractivity contribution in [2.75, 3.05) is 13.1 Å². The van der Waals surface area contributed by atoms with Crippen LogP contribution in [0.2, 0.25) is 0 Å². The highest BCUT2D eigenvalue weighted by Gasteiger charge is 2.33. The number of hydrogen-bond donors (Lipinski definition) is 1. The summed E-state index contributed by atoms with van der Waals surface area (Å²) in [5.74, 6) is -0.228. The highest BCUT2D eigenvalue weighted by molar-refractivity contribution is 6.09. The van der Waals surface area contributed by atoms with Gasteiger partial charge in [0, 0.05) is 36.4 Å². The molecule has 2 amide bonds. The second-order valence-electron chi connectivity index (χ2n) is 6.98. The van der Waals surface area contributed by atoms with Crippen LogP contribution in [0.3, 0.4) is 0 Å². The Labute approximate surface area is 163 Å². The van der Waals surface area contributed by atoms with Crippen molar-refractivity contribution in [3.05, 3.63) is 59.9 Å². The van der Waals surface area contributed by atoms with Crippen LogP contribution in [0, 0.1) is 6.92 Å². The first-order valence-electron chi connectivity index (χ1n) is 9.49. The molecule has 1 aromatic carbocycles. The summed E-state index contributed by atoms with van der Waals surface area (Å²) in [4.78, 5) is 36.4. The van der Waals surface area contributed by atoms with Gasteiger partial charge in [0.15, 0.2) is 0 Å². The summed E-state index contributed by atoms with van der Waals surface area (Å²) in [6, 6.07) is 11.0. The van der Waals surface area contributed by atoms with Gasteiger partial charge in [-0.2, -0.15) is 0 Å². The second kappa shape index (κ2) is 7.38. The van der Waals surface area contributed by atoms with Gasteiger partial charge in [0.05, 0.1) is 16.8 Å². The summed E-state index contributed by atoms with van der Waals surface area (Å²) in [6.07, 6.45) is 4.03. The maximum Gasteiger partial charge on any atom is 0.255 e. The molecule has 142 valence electrons. The molecule has 6 nitrogen and oxygen atoms in total. The number of nitrogens with zero attached hydrogens (tertiary/aromatic N) is 3. The normalized spacial score (nSPS) is 16.9. The lowest BCUT2D eigenvalue weighted by Gasteiger charge is -2.34. The lowest BCUT2D eigenvalue weighted by Crippen LogP contribution is -2.56. The van der Waals surface area contributed by atoms with Crippen molar-refractivity contribution in [3.63, 3.8) is 0 Å². The van der Waals surface area contributed by atoms with Crippen molar-refractivity contribution < 1.29 is 9.59 Å². The van der Waals surface area contributed by atoms with Crippen LogP contribution < -0.4 is 5.32 Å². The molecular weight excluding hydrogens is 352 g/mol. The van der Waals surface area contributed by atoms with Gasteiger partial charge in [0.25, 0.3) is 5.91 Å². The topological polar surface area (TPSA) is 75.2 Å². The fourth-order valence-corrected chi connectivity index (χ4v) is 3.75. The zero-order chi connectivity index (χ0) is 19.7. The number of aryl methyl sites for hydroxylation is 1. The molecule has 1 aliphatic heterocycles. The SMILES string of the molecule is CCC1C(=O)NCCN1C(=O)c1cc(-c2cccnc2)nc2c(C)cccc12. The molecule has 1 atom stereocenters. The molecule has 3 aromatic rings.